The van der Waals surface area contributed by atoms with Gasteiger partial charge in [-0.15, -0.1) is 0 Å². The Morgan fingerprint density at radius 3 is 2.90 bits per heavy atom. The molecule has 1 atom stereocenters. The smallest absolute Gasteiger partial charge is 0.155 e. The topological polar surface area (TPSA) is 17.1 Å². The summed E-state index contributed by atoms with van der Waals surface area (Å²) in [5.41, 5.74) is 0.800. The van der Waals surface area contributed by atoms with Gasteiger partial charge < -0.3 is 0 Å². The quantitative estimate of drug-likeness (QED) is 0.547. The third kappa shape index (κ3) is 1.66. The van der Waals surface area contributed by atoms with Crippen molar-refractivity contribution in [1.82, 2.24) is 0 Å². The Labute approximate surface area is 59.9 Å². The molecule has 0 bridgehead atoms. The van der Waals surface area contributed by atoms with Gasteiger partial charge in [0.1, 0.15) is 6.17 Å². The van der Waals surface area contributed by atoms with Crippen LogP contribution in [-0.4, -0.2) is 12.0 Å². The van der Waals surface area contributed by atoms with E-state index in [2.05, 4.69) is 0 Å². The monoisotopic (exact) mass is 142 g/mol. The molecule has 2 heteroatoms. The van der Waals surface area contributed by atoms with Crippen LogP contribution in [0.4, 0.5) is 4.39 Å². The van der Waals surface area contributed by atoms with Gasteiger partial charge in [-0.05, 0) is 31.8 Å². The summed E-state index contributed by atoms with van der Waals surface area (Å²) in [4.78, 5) is 10.7. The molecule has 0 aromatic rings. The summed E-state index contributed by atoms with van der Waals surface area (Å²) in [6.07, 6.45) is 2.57. The lowest BCUT2D eigenvalue weighted by Gasteiger charge is -2.12. The maximum Gasteiger partial charge on any atom is 0.155 e. The summed E-state index contributed by atoms with van der Waals surface area (Å²) in [6, 6.07) is 0. The second kappa shape index (κ2) is 2.95. The fourth-order valence-corrected chi connectivity index (χ4v) is 1.12. The molecule has 0 spiro atoms. The van der Waals surface area contributed by atoms with Crippen molar-refractivity contribution in [3.8, 4) is 0 Å². The van der Waals surface area contributed by atoms with Crippen molar-refractivity contribution in [3.63, 3.8) is 0 Å². The van der Waals surface area contributed by atoms with Crippen molar-refractivity contribution in [2.24, 2.45) is 0 Å². The molecule has 0 radical (unpaired) electrons. The normalized spacial score (nSPS) is 25.8. The minimum atomic E-state index is -0.719. The van der Waals surface area contributed by atoms with Crippen LogP contribution in [0.3, 0.4) is 0 Å². The zero-order valence-corrected chi connectivity index (χ0v) is 6.06. The van der Waals surface area contributed by atoms with Crippen LogP contribution in [0, 0.1) is 0 Å². The second-order valence-electron chi connectivity index (χ2n) is 2.66. The highest BCUT2D eigenvalue weighted by Crippen LogP contribution is 2.20. The highest BCUT2D eigenvalue weighted by molar-refractivity contribution is 5.93. The first-order valence-electron chi connectivity index (χ1n) is 3.54. The van der Waals surface area contributed by atoms with E-state index >= 15 is 0 Å². The van der Waals surface area contributed by atoms with Gasteiger partial charge in [-0.2, -0.15) is 0 Å². The largest absolute Gasteiger partial charge is 0.295 e. The number of halogens is 1. The van der Waals surface area contributed by atoms with Crippen molar-refractivity contribution >= 4 is 5.78 Å². The molecular weight excluding hydrogens is 131 g/mol. The van der Waals surface area contributed by atoms with E-state index in [0.29, 0.717) is 19.3 Å². The Kier molecular flexibility index (Phi) is 2.20. The van der Waals surface area contributed by atoms with E-state index in [1.54, 1.807) is 6.08 Å². The average molecular weight is 142 g/mol. The minimum Gasteiger partial charge on any atom is -0.295 e. The summed E-state index contributed by atoms with van der Waals surface area (Å²) < 4.78 is 12.5. The Bertz CT molecular complexity index is 172. The maximum atomic E-state index is 12.5. The van der Waals surface area contributed by atoms with Crippen molar-refractivity contribution in [1.29, 1.82) is 0 Å². The minimum absolute atomic E-state index is 0.0897. The van der Waals surface area contributed by atoms with Crippen molar-refractivity contribution < 1.29 is 9.18 Å². The third-order valence-corrected chi connectivity index (χ3v) is 1.80. The van der Waals surface area contributed by atoms with Crippen LogP contribution < -0.4 is 0 Å². The van der Waals surface area contributed by atoms with Gasteiger partial charge in [-0.1, -0.05) is 6.08 Å². The first-order valence-corrected chi connectivity index (χ1v) is 3.54. The van der Waals surface area contributed by atoms with Crippen LogP contribution >= 0.6 is 0 Å². The SMILES string of the molecule is CC(=O)C1=CC[C@H](F)CC1. The van der Waals surface area contributed by atoms with E-state index in [4.69, 9.17) is 0 Å². The Morgan fingerprint density at radius 2 is 2.50 bits per heavy atom. The highest BCUT2D eigenvalue weighted by atomic mass is 19.1. The van der Waals surface area contributed by atoms with Crippen LogP contribution in [0.25, 0.3) is 0 Å². The predicted octanol–water partition coefficient (Wildman–Crippen LogP) is 2.02. The molecule has 1 aliphatic carbocycles. The summed E-state index contributed by atoms with van der Waals surface area (Å²) in [5, 5.41) is 0. The number of hydrogen-bond acceptors (Lipinski definition) is 1. The fourth-order valence-electron chi connectivity index (χ4n) is 1.12. The van der Waals surface area contributed by atoms with Crippen LogP contribution in [0.2, 0.25) is 0 Å². The molecule has 1 rings (SSSR count). The Morgan fingerprint density at radius 1 is 1.80 bits per heavy atom. The van der Waals surface area contributed by atoms with Crippen LogP contribution in [-0.2, 0) is 4.79 Å². The number of alkyl halides is 1. The van der Waals surface area contributed by atoms with E-state index in [1.807, 2.05) is 0 Å². The van der Waals surface area contributed by atoms with E-state index in [-0.39, 0.29) is 5.78 Å². The van der Waals surface area contributed by atoms with Crippen LogP contribution in [0.5, 0.6) is 0 Å². The van der Waals surface area contributed by atoms with Gasteiger partial charge in [-0.3, -0.25) is 4.79 Å². The lowest BCUT2D eigenvalue weighted by Crippen LogP contribution is -2.09. The molecule has 0 N–H and O–H groups in total. The fraction of sp³-hybridized carbons (Fsp3) is 0.625. The number of rotatable bonds is 1. The standard InChI is InChI=1S/C8H11FO/c1-6(10)7-2-4-8(9)5-3-7/h2,8H,3-5H2,1H3/t8-/m0/s1. The molecule has 0 unspecified atom stereocenters. The third-order valence-electron chi connectivity index (χ3n) is 1.80. The van der Waals surface area contributed by atoms with Gasteiger partial charge in [0.15, 0.2) is 5.78 Å². The molecule has 0 aromatic carbocycles. The molecular formula is C8H11FO. The number of hydrogen-bond donors (Lipinski definition) is 0. The van der Waals surface area contributed by atoms with E-state index < -0.39 is 6.17 Å². The van der Waals surface area contributed by atoms with Gasteiger partial charge >= 0.3 is 0 Å². The van der Waals surface area contributed by atoms with E-state index in [0.717, 1.165) is 5.57 Å². The highest BCUT2D eigenvalue weighted by Gasteiger charge is 2.14. The molecule has 1 aliphatic rings. The molecule has 0 saturated heterocycles. The number of Topliss-reactive ketones (excluding diaryl/α,β-unsaturated/α-hetero) is 1. The van der Waals surface area contributed by atoms with Crippen molar-refractivity contribution in [2.75, 3.05) is 0 Å². The summed E-state index contributed by atoms with van der Waals surface area (Å²) in [6.45, 7) is 1.53. The predicted molar refractivity (Wildman–Crippen MR) is 37.5 cm³/mol. The van der Waals surface area contributed by atoms with Crippen LogP contribution in [0.1, 0.15) is 26.2 Å². The van der Waals surface area contributed by atoms with Crippen LogP contribution in [0.15, 0.2) is 11.6 Å². The van der Waals surface area contributed by atoms with Gasteiger partial charge in [0, 0.05) is 0 Å². The van der Waals surface area contributed by atoms with E-state index in [1.165, 1.54) is 6.92 Å². The molecule has 10 heavy (non-hydrogen) atoms. The first kappa shape index (κ1) is 7.45. The van der Waals surface area contributed by atoms with Crippen molar-refractivity contribution in [2.45, 2.75) is 32.4 Å². The average Bonchev–Trinajstić information content (AvgIpc) is 1.88. The molecule has 0 saturated carbocycles. The molecule has 0 aliphatic heterocycles. The zero-order chi connectivity index (χ0) is 7.56. The van der Waals surface area contributed by atoms with E-state index in [9.17, 15) is 9.18 Å². The van der Waals surface area contributed by atoms with Gasteiger partial charge in [0.05, 0.1) is 0 Å². The van der Waals surface area contributed by atoms with Gasteiger partial charge in [0.2, 0.25) is 0 Å². The Hall–Kier alpha value is -0.660. The van der Waals surface area contributed by atoms with Gasteiger partial charge in [0.25, 0.3) is 0 Å². The Balaban J connectivity index is 2.56. The summed E-state index contributed by atoms with van der Waals surface area (Å²) in [7, 11) is 0. The van der Waals surface area contributed by atoms with Gasteiger partial charge in [-0.25, -0.2) is 4.39 Å². The zero-order valence-electron chi connectivity index (χ0n) is 6.06. The lowest BCUT2D eigenvalue weighted by molar-refractivity contribution is -0.113. The molecule has 56 valence electrons. The number of allylic oxidation sites excluding steroid dienone is 2. The molecule has 0 aromatic heterocycles. The molecule has 0 amide bonds. The molecule has 1 nitrogen and oxygen atoms in total. The lowest BCUT2D eigenvalue weighted by atomic mass is 9.96. The molecule has 0 heterocycles. The van der Waals surface area contributed by atoms with Crippen molar-refractivity contribution in [3.05, 3.63) is 11.6 Å². The maximum absolute atomic E-state index is 12.5. The number of carbonyl (C=O) groups excluding carboxylic acids is 1. The molecule has 0 fully saturated rings. The number of carbonyl (C=O) groups is 1. The summed E-state index contributed by atoms with van der Waals surface area (Å²) >= 11 is 0. The first-order chi connectivity index (χ1) is 4.70. The number of ketones is 1. The summed E-state index contributed by atoms with van der Waals surface area (Å²) in [5.74, 6) is 0.0897. The second-order valence-corrected chi connectivity index (χ2v) is 2.66.